The van der Waals surface area contributed by atoms with Gasteiger partial charge in [-0.25, -0.2) is 9.97 Å². The Morgan fingerprint density at radius 2 is 1.75 bits per heavy atom. The Labute approximate surface area is 215 Å². The number of hydrogen-bond acceptors (Lipinski definition) is 7. The highest BCUT2D eigenvalue weighted by atomic mass is 35.5. The maximum Gasteiger partial charge on any atom is 0.259 e. The molecule has 0 spiro atoms. The van der Waals surface area contributed by atoms with Crippen LogP contribution in [0.25, 0.3) is 10.8 Å². The fourth-order valence-electron chi connectivity index (χ4n) is 4.46. The molecule has 0 saturated carbocycles. The SMILES string of the molecule is CCN1CCN(CCc2ccc(Nc3nc(Nc4ccc(Cl)cn4)cc4cc[nH]c(=O)c34)cc2)CC1. The zero-order valence-corrected chi connectivity index (χ0v) is 21.1. The number of aromatic amines is 1. The quantitative estimate of drug-likeness (QED) is 0.323. The smallest absolute Gasteiger partial charge is 0.259 e. The first kappa shape index (κ1) is 24.2. The number of benzene rings is 1. The maximum absolute atomic E-state index is 12.6. The van der Waals surface area contributed by atoms with Crippen LogP contribution < -0.4 is 16.2 Å². The predicted octanol–water partition coefficient (Wildman–Crippen LogP) is 4.64. The first-order chi connectivity index (χ1) is 17.6. The molecule has 4 aromatic rings. The molecule has 0 aliphatic carbocycles. The average Bonchev–Trinajstić information content (AvgIpc) is 2.90. The van der Waals surface area contributed by atoms with Gasteiger partial charge in [0.15, 0.2) is 0 Å². The van der Waals surface area contributed by atoms with Crippen molar-refractivity contribution >= 4 is 45.5 Å². The van der Waals surface area contributed by atoms with Crippen LogP contribution in [0.2, 0.25) is 5.02 Å². The van der Waals surface area contributed by atoms with Gasteiger partial charge in [-0.15, -0.1) is 0 Å². The number of rotatable bonds is 8. The Kier molecular flexibility index (Phi) is 7.46. The Morgan fingerprint density at radius 3 is 2.47 bits per heavy atom. The van der Waals surface area contributed by atoms with Crippen LogP contribution in [0.1, 0.15) is 12.5 Å². The molecule has 0 bridgehead atoms. The molecule has 9 heteroatoms. The second-order valence-electron chi connectivity index (χ2n) is 8.96. The molecule has 0 radical (unpaired) electrons. The monoisotopic (exact) mass is 503 g/mol. The van der Waals surface area contributed by atoms with Gasteiger partial charge in [0.05, 0.1) is 10.4 Å². The van der Waals surface area contributed by atoms with E-state index in [1.807, 2.05) is 24.3 Å². The van der Waals surface area contributed by atoms with Crippen molar-refractivity contribution in [1.82, 2.24) is 24.8 Å². The highest BCUT2D eigenvalue weighted by Crippen LogP contribution is 2.26. The zero-order valence-electron chi connectivity index (χ0n) is 20.3. The van der Waals surface area contributed by atoms with Crippen molar-refractivity contribution in [3.05, 3.63) is 81.9 Å². The molecule has 186 valence electrons. The van der Waals surface area contributed by atoms with Crippen molar-refractivity contribution in [3.8, 4) is 0 Å². The van der Waals surface area contributed by atoms with Crippen molar-refractivity contribution < 1.29 is 0 Å². The molecule has 4 heterocycles. The number of halogens is 1. The number of fused-ring (bicyclic) bond motifs is 1. The summed E-state index contributed by atoms with van der Waals surface area (Å²) >= 11 is 5.95. The Hall–Kier alpha value is -3.46. The van der Waals surface area contributed by atoms with Gasteiger partial charge in [-0.1, -0.05) is 30.7 Å². The van der Waals surface area contributed by atoms with E-state index in [1.54, 1.807) is 24.5 Å². The van der Waals surface area contributed by atoms with Crippen molar-refractivity contribution in [2.24, 2.45) is 0 Å². The predicted molar refractivity (Wildman–Crippen MR) is 147 cm³/mol. The van der Waals surface area contributed by atoms with Crippen LogP contribution in [0.15, 0.2) is 65.7 Å². The highest BCUT2D eigenvalue weighted by Gasteiger charge is 2.15. The van der Waals surface area contributed by atoms with Crippen molar-refractivity contribution in [2.75, 3.05) is 49.9 Å². The summed E-state index contributed by atoms with van der Waals surface area (Å²) in [7, 11) is 0. The second kappa shape index (κ2) is 11.1. The van der Waals surface area contributed by atoms with Crippen molar-refractivity contribution in [1.29, 1.82) is 0 Å². The van der Waals surface area contributed by atoms with E-state index in [1.165, 1.54) is 5.56 Å². The third-order valence-electron chi connectivity index (χ3n) is 6.58. The largest absolute Gasteiger partial charge is 0.339 e. The highest BCUT2D eigenvalue weighted by molar-refractivity contribution is 6.30. The van der Waals surface area contributed by atoms with Crippen LogP contribution in [-0.4, -0.2) is 64.0 Å². The molecule has 5 rings (SSSR count). The van der Waals surface area contributed by atoms with Gasteiger partial charge in [-0.3, -0.25) is 4.79 Å². The molecule has 8 nitrogen and oxygen atoms in total. The van der Waals surface area contributed by atoms with Gasteiger partial charge in [-0.2, -0.15) is 0 Å². The summed E-state index contributed by atoms with van der Waals surface area (Å²) < 4.78 is 0. The van der Waals surface area contributed by atoms with Gasteiger partial charge < -0.3 is 25.4 Å². The van der Waals surface area contributed by atoms with Crippen LogP contribution in [0, 0.1) is 0 Å². The standard InChI is InChI=1S/C27H30ClN7O/c1-2-34-13-15-35(16-14-34)12-10-19-3-6-22(7-4-19)31-26-25-20(9-11-29-27(25)36)17-24(33-26)32-23-8-5-21(28)18-30-23/h3-9,11,17-18H,2,10,12-16H2,1H3,(H,29,36)(H2,30,31,32,33). The number of aromatic nitrogens is 3. The number of piperazine rings is 1. The maximum atomic E-state index is 12.6. The molecule has 0 atom stereocenters. The van der Waals surface area contributed by atoms with Crippen LogP contribution in [0.3, 0.4) is 0 Å². The van der Waals surface area contributed by atoms with E-state index in [-0.39, 0.29) is 5.56 Å². The summed E-state index contributed by atoms with van der Waals surface area (Å²) in [4.78, 5) is 29.4. The third kappa shape index (κ3) is 5.84. The zero-order chi connectivity index (χ0) is 24.9. The summed E-state index contributed by atoms with van der Waals surface area (Å²) in [5, 5.41) is 8.36. The number of hydrogen-bond donors (Lipinski definition) is 3. The summed E-state index contributed by atoms with van der Waals surface area (Å²) in [5.41, 5.74) is 1.96. The first-order valence-corrected chi connectivity index (χ1v) is 12.7. The van der Waals surface area contributed by atoms with E-state index in [0.717, 1.165) is 56.8 Å². The number of nitrogens with one attached hydrogen (secondary N) is 3. The molecule has 1 fully saturated rings. The van der Waals surface area contributed by atoms with Gasteiger partial charge in [0, 0.05) is 50.8 Å². The van der Waals surface area contributed by atoms with Gasteiger partial charge in [-0.05, 0) is 60.3 Å². The number of H-pyrrole nitrogens is 1. The lowest BCUT2D eigenvalue weighted by molar-refractivity contribution is 0.138. The topological polar surface area (TPSA) is 89.2 Å². The molecule has 1 aliphatic heterocycles. The van der Waals surface area contributed by atoms with Crippen LogP contribution in [-0.2, 0) is 6.42 Å². The lowest BCUT2D eigenvalue weighted by atomic mass is 10.1. The second-order valence-corrected chi connectivity index (χ2v) is 9.40. The molecular weight excluding hydrogens is 474 g/mol. The summed E-state index contributed by atoms with van der Waals surface area (Å²) in [6.45, 7) is 9.01. The van der Waals surface area contributed by atoms with Crippen molar-refractivity contribution in [3.63, 3.8) is 0 Å². The molecule has 36 heavy (non-hydrogen) atoms. The number of anilines is 4. The lowest BCUT2D eigenvalue weighted by Gasteiger charge is -2.34. The number of pyridine rings is 3. The minimum atomic E-state index is -0.196. The van der Waals surface area contributed by atoms with E-state index >= 15 is 0 Å². The molecular formula is C27H30ClN7O. The fraction of sp³-hybridized carbons (Fsp3) is 0.296. The normalized spacial score (nSPS) is 14.7. The molecule has 0 amide bonds. The van der Waals surface area contributed by atoms with Crippen molar-refractivity contribution in [2.45, 2.75) is 13.3 Å². The minimum Gasteiger partial charge on any atom is -0.339 e. The van der Waals surface area contributed by atoms with Crippen LogP contribution in [0.5, 0.6) is 0 Å². The van der Waals surface area contributed by atoms with E-state index in [4.69, 9.17) is 11.6 Å². The van der Waals surface area contributed by atoms with Gasteiger partial charge >= 0.3 is 0 Å². The van der Waals surface area contributed by atoms with E-state index in [0.29, 0.717) is 27.9 Å². The molecule has 3 N–H and O–H groups in total. The summed E-state index contributed by atoms with van der Waals surface area (Å²) in [6.07, 6.45) is 4.22. The number of nitrogens with zero attached hydrogens (tertiary/aromatic N) is 4. The molecule has 0 unspecified atom stereocenters. The third-order valence-corrected chi connectivity index (χ3v) is 6.81. The van der Waals surface area contributed by atoms with E-state index in [9.17, 15) is 4.79 Å². The molecule has 1 saturated heterocycles. The molecule has 1 aliphatic rings. The Balaban J connectivity index is 1.31. The minimum absolute atomic E-state index is 0.196. The Bertz CT molecular complexity index is 1360. The fourth-order valence-corrected chi connectivity index (χ4v) is 4.57. The average molecular weight is 504 g/mol. The summed E-state index contributed by atoms with van der Waals surface area (Å²) in [6, 6.07) is 15.6. The summed E-state index contributed by atoms with van der Waals surface area (Å²) in [5.74, 6) is 1.67. The Morgan fingerprint density at radius 1 is 0.972 bits per heavy atom. The van der Waals surface area contributed by atoms with Crippen LogP contribution >= 0.6 is 11.6 Å². The van der Waals surface area contributed by atoms with Gasteiger partial charge in [0.25, 0.3) is 5.56 Å². The first-order valence-electron chi connectivity index (χ1n) is 12.3. The van der Waals surface area contributed by atoms with Gasteiger partial charge in [0.1, 0.15) is 17.5 Å². The molecule has 1 aromatic carbocycles. The van der Waals surface area contributed by atoms with Gasteiger partial charge in [0.2, 0.25) is 0 Å². The van der Waals surface area contributed by atoms with Crippen LogP contribution in [0.4, 0.5) is 23.1 Å². The van der Waals surface area contributed by atoms with E-state index in [2.05, 4.69) is 54.4 Å². The lowest BCUT2D eigenvalue weighted by Crippen LogP contribution is -2.46. The van der Waals surface area contributed by atoms with E-state index < -0.39 is 0 Å². The number of likely N-dealkylation sites (N-methyl/N-ethyl adjacent to an activating group) is 1. The molecule has 3 aromatic heterocycles.